The van der Waals surface area contributed by atoms with E-state index in [-0.39, 0.29) is 24.8 Å². The highest BCUT2D eigenvalue weighted by Crippen LogP contribution is 2.34. The molecule has 0 spiro atoms. The van der Waals surface area contributed by atoms with E-state index in [4.69, 9.17) is 10.1 Å². The first-order chi connectivity index (χ1) is 23.4. The molecule has 0 aliphatic carbocycles. The van der Waals surface area contributed by atoms with Gasteiger partial charge in [0.1, 0.15) is 18.4 Å². The van der Waals surface area contributed by atoms with Crippen molar-refractivity contribution >= 4 is 40.5 Å². The van der Waals surface area contributed by atoms with E-state index in [0.717, 1.165) is 54.6 Å². The normalized spacial score (nSPS) is 18.9. The summed E-state index contributed by atoms with van der Waals surface area (Å²) in [5, 5.41) is 13.8. The Hall–Kier alpha value is -5.42. The van der Waals surface area contributed by atoms with E-state index in [2.05, 4.69) is 49.8 Å². The quantitative estimate of drug-likeness (QED) is 0.173. The van der Waals surface area contributed by atoms with Crippen LogP contribution in [0.1, 0.15) is 58.4 Å². The molecule has 1 atom stereocenters. The fraction of sp³-hybridized carbons (Fsp3) is 0.297. The lowest BCUT2D eigenvalue weighted by Gasteiger charge is -2.32. The Balaban J connectivity index is 0.892. The van der Waals surface area contributed by atoms with Crippen LogP contribution in [0.4, 0.5) is 0 Å². The molecule has 7 rings (SSSR count). The number of allylic oxidation sites excluding steroid dienone is 1. The third-order valence-electron chi connectivity index (χ3n) is 9.32. The van der Waals surface area contributed by atoms with Crippen molar-refractivity contribution in [2.75, 3.05) is 13.1 Å². The van der Waals surface area contributed by atoms with Gasteiger partial charge in [0.2, 0.25) is 11.8 Å². The van der Waals surface area contributed by atoms with Crippen LogP contribution in [0.25, 0.3) is 16.6 Å². The summed E-state index contributed by atoms with van der Waals surface area (Å²) in [4.78, 5) is 50.3. The molecule has 1 aromatic heterocycles. The number of carbonyl (C=O) groups is 3. The molecule has 0 radical (unpaired) electrons. The van der Waals surface area contributed by atoms with Gasteiger partial charge in [-0.25, -0.2) is 4.98 Å². The highest BCUT2D eigenvalue weighted by atomic mass is 16.5. The smallest absolute Gasteiger partial charge is 0.255 e. The minimum Gasteiger partial charge on any atom is -0.489 e. The SMILES string of the molecule is N=C/C(=C\NC1CCN(Cc2ccc(COc3cccc4c3CN(C3CCC(=O)NC3=O)C4=O)cc2)CC1)c1cnc2ccccc2n1. The number of likely N-dealkylation sites (tertiary alicyclic amines) is 1. The van der Waals surface area contributed by atoms with Crippen LogP contribution < -0.4 is 15.4 Å². The lowest BCUT2D eigenvalue weighted by Crippen LogP contribution is -2.52. The fourth-order valence-electron chi connectivity index (χ4n) is 6.60. The molecule has 4 aromatic rings. The molecule has 0 bridgehead atoms. The van der Waals surface area contributed by atoms with Crippen molar-refractivity contribution in [3.8, 4) is 5.75 Å². The van der Waals surface area contributed by atoms with Crippen LogP contribution in [0.2, 0.25) is 0 Å². The summed E-state index contributed by atoms with van der Waals surface area (Å²) in [5.74, 6) is -0.305. The Morgan fingerprint density at radius 2 is 1.73 bits per heavy atom. The zero-order chi connectivity index (χ0) is 33.0. The van der Waals surface area contributed by atoms with E-state index in [1.165, 1.54) is 11.8 Å². The second kappa shape index (κ2) is 13.7. The number of nitrogens with zero attached hydrogens (tertiary/aromatic N) is 4. The second-order valence-corrected chi connectivity index (χ2v) is 12.5. The van der Waals surface area contributed by atoms with Gasteiger partial charge >= 0.3 is 0 Å². The van der Waals surface area contributed by atoms with E-state index < -0.39 is 11.9 Å². The van der Waals surface area contributed by atoms with Gasteiger partial charge in [-0.15, -0.1) is 0 Å². The number of piperidine rings is 2. The molecule has 1 unspecified atom stereocenters. The van der Waals surface area contributed by atoms with Crippen molar-refractivity contribution in [1.29, 1.82) is 5.41 Å². The lowest BCUT2D eigenvalue weighted by molar-refractivity contribution is -0.136. The van der Waals surface area contributed by atoms with Gasteiger partial charge in [-0.1, -0.05) is 42.5 Å². The number of hydrogen-bond acceptors (Lipinski definition) is 9. The second-order valence-electron chi connectivity index (χ2n) is 12.5. The summed E-state index contributed by atoms with van der Waals surface area (Å²) in [5.41, 5.74) is 6.61. The van der Waals surface area contributed by atoms with Crippen molar-refractivity contribution in [1.82, 2.24) is 30.4 Å². The summed E-state index contributed by atoms with van der Waals surface area (Å²) in [6.07, 6.45) is 7.48. The summed E-state index contributed by atoms with van der Waals surface area (Å²) in [7, 11) is 0. The molecule has 3 N–H and O–H groups in total. The van der Waals surface area contributed by atoms with Crippen molar-refractivity contribution in [3.05, 3.63) is 107 Å². The van der Waals surface area contributed by atoms with Gasteiger partial charge < -0.3 is 20.4 Å². The number of imide groups is 1. The average molecular weight is 644 g/mol. The molecule has 3 aromatic carbocycles. The minimum atomic E-state index is -0.654. The average Bonchev–Trinajstić information content (AvgIpc) is 3.45. The molecule has 3 aliphatic heterocycles. The van der Waals surface area contributed by atoms with Crippen LogP contribution >= 0.6 is 0 Å². The molecule has 11 heteroatoms. The molecule has 2 saturated heterocycles. The monoisotopic (exact) mass is 643 g/mol. The predicted octanol–water partition coefficient (Wildman–Crippen LogP) is 4.21. The fourth-order valence-corrected chi connectivity index (χ4v) is 6.60. The molecule has 11 nitrogen and oxygen atoms in total. The Morgan fingerprint density at radius 1 is 0.958 bits per heavy atom. The van der Waals surface area contributed by atoms with E-state index in [1.54, 1.807) is 23.2 Å². The molecule has 4 heterocycles. The van der Waals surface area contributed by atoms with Crippen LogP contribution in [0.5, 0.6) is 5.75 Å². The zero-order valence-corrected chi connectivity index (χ0v) is 26.5. The first kappa shape index (κ1) is 31.2. The number of amides is 3. The Kier molecular flexibility index (Phi) is 8.93. The standard InChI is InChI=1S/C37H37N7O4/c38-18-26(32-20-40-30-5-1-2-6-31(30)41-32)19-39-27-14-16-43(17-15-27)21-24-8-10-25(11-9-24)23-48-34-7-3-4-28-29(34)22-44(37(28)47)33-12-13-35(45)42-36(33)46/h1-11,18-20,27,33,38-39H,12-17,21-23H2,(H,42,45,46)/b26-19+,38-18?. The molecular formula is C37H37N7O4. The zero-order valence-electron chi connectivity index (χ0n) is 26.5. The number of benzene rings is 3. The number of fused-ring (bicyclic) bond motifs is 2. The summed E-state index contributed by atoms with van der Waals surface area (Å²) in [6, 6.07) is 21.2. The summed E-state index contributed by atoms with van der Waals surface area (Å²) in [6.45, 7) is 3.45. The molecule has 48 heavy (non-hydrogen) atoms. The van der Waals surface area contributed by atoms with E-state index in [1.807, 2.05) is 36.5 Å². The van der Waals surface area contributed by atoms with E-state index in [0.29, 0.717) is 41.6 Å². The van der Waals surface area contributed by atoms with Gasteiger partial charge in [0.05, 0.1) is 29.5 Å². The molecule has 3 aliphatic rings. The molecule has 0 saturated carbocycles. The Labute approximate surface area is 278 Å². The maximum absolute atomic E-state index is 13.1. The van der Waals surface area contributed by atoms with Crippen LogP contribution in [-0.2, 0) is 29.3 Å². The first-order valence-electron chi connectivity index (χ1n) is 16.3. The van der Waals surface area contributed by atoms with Gasteiger partial charge in [-0.05, 0) is 54.7 Å². The molecule has 244 valence electrons. The number of ether oxygens (including phenoxy) is 1. The highest BCUT2D eigenvalue weighted by Gasteiger charge is 2.40. The highest BCUT2D eigenvalue weighted by molar-refractivity contribution is 6.07. The van der Waals surface area contributed by atoms with Crippen LogP contribution in [0, 0.1) is 5.41 Å². The minimum absolute atomic E-state index is 0.211. The molecule has 3 amide bonds. The van der Waals surface area contributed by atoms with Gasteiger partial charge in [0.15, 0.2) is 0 Å². The van der Waals surface area contributed by atoms with Crippen LogP contribution in [-0.4, -0.2) is 68.9 Å². The number of hydrogen-bond donors (Lipinski definition) is 3. The lowest BCUT2D eigenvalue weighted by atomic mass is 10.0. The van der Waals surface area contributed by atoms with Crippen LogP contribution in [0.15, 0.2) is 79.1 Å². The summed E-state index contributed by atoms with van der Waals surface area (Å²) >= 11 is 0. The number of aromatic nitrogens is 2. The maximum Gasteiger partial charge on any atom is 0.255 e. The maximum atomic E-state index is 13.1. The van der Waals surface area contributed by atoms with E-state index >= 15 is 0 Å². The van der Waals surface area contributed by atoms with Crippen molar-refractivity contribution in [3.63, 3.8) is 0 Å². The third-order valence-corrected chi connectivity index (χ3v) is 9.32. The van der Waals surface area contributed by atoms with Gasteiger partial charge in [0, 0.05) is 61.2 Å². The largest absolute Gasteiger partial charge is 0.489 e. The van der Waals surface area contributed by atoms with Crippen molar-refractivity contribution < 1.29 is 19.1 Å². The summed E-state index contributed by atoms with van der Waals surface area (Å²) < 4.78 is 6.18. The Morgan fingerprint density at radius 3 is 2.50 bits per heavy atom. The number of carbonyl (C=O) groups excluding carboxylic acids is 3. The Bertz CT molecular complexity index is 1900. The number of nitrogens with one attached hydrogen (secondary N) is 3. The molecule has 2 fully saturated rings. The number of rotatable bonds is 10. The van der Waals surface area contributed by atoms with Crippen molar-refractivity contribution in [2.45, 2.75) is 57.5 Å². The number of para-hydroxylation sites is 2. The van der Waals surface area contributed by atoms with Gasteiger partial charge in [-0.3, -0.25) is 29.6 Å². The van der Waals surface area contributed by atoms with Gasteiger partial charge in [0.25, 0.3) is 5.91 Å². The molecular weight excluding hydrogens is 606 g/mol. The first-order valence-corrected chi connectivity index (χ1v) is 16.3. The van der Waals surface area contributed by atoms with Crippen LogP contribution in [0.3, 0.4) is 0 Å². The third kappa shape index (κ3) is 6.68. The predicted molar refractivity (Wildman–Crippen MR) is 181 cm³/mol. The van der Waals surface area contributed by atoms with E-state index in [9.17, 15) is 14.4 Å². The van der Waals surface area contributed by atoms with Crippen molar-refractivity contribution in [2.24, 2.45) is 0 Å². The van der Waals surface area contributed by atoms with Gasteiger partial charge in [-0.2, -0.15) is 0 Å². The topological polar surface area (TPSA) is 141 Å².